The molecule has 0 saturated heterocycles. The van der Waals surface area contributed by atoms with Gasteiger partial charge in [0.05, 0.1) is 29.2 Å². The van der Waals surface area contributed by atoms with Gasteiger partial charge in [0.15, 0.2) is 11.2 Å². The molecule has 8 nitrogen and oxygen atoms in total. The number of pyridine rings is 2. The molecule has 0 fully saturated rings. The largest absolute Gasteiger partial charge is 0.434 e. The van der Waals surface area contributed by atoms with E-state index < -0.39 is 0 Å². The van der Waals surface area contributed by atoms with Gasteiger partial charge in [-0.25, -0.2) is 4.98 Å². The highest BCUT2D eigenvalue weighted by Gasteiger charge is 2.12. The normalized spacial score (nSPS) is 11.2. The fourth-order valence-electron chi connectivity index (χ4n) is 3.72. The fraction of sp³-hybridized carbons (Fsp3) is 0.0357. The Kier molecular flexibility index (Phi) is 6.19. The standard InChI is InChI=1S/C28H21N7O/c1-3-24(23-14-18(16-29)4-9-25(23)30-2)34-20-7-5-19(6-8-20)28-35-27-26(36-28)15-22(17-32-27)33-21-10-12-31-13-11-21/h3-15,17,34H,2H2,1H3,(H,31,33)/b24-3+. The zero-order chi connectivity index (χ0) is 24.9. The molecule has 8 heteroatoms. The first kappa shape index (κ1) is 22.5. The first-order valence-corrected chi connectivity index (χ1v) is 11.2. The molecule has 3 aromatic heterocycles. The molecule has 0 aliphatic rings. The van der Waals surface area contributed by atoms with Gasteiger partial charge in [-0.1, -0.05) is 6.08 Å². The van der Waals surface area contributed by atoms with Crippen LogP contribution in [0.1, 0.15) is 18.1 Å². The molecule has 0 saturated carbocycles. The third kappa shape index (κ3) is 4.67. The van der Waals surface area contributed by atoms with Crippen molar-refractivity contribution < 1.29 is 4.42 Å². The summed E-state index contributed by atoms with van der Waals surface area (Å²) in [5.74, 6) is 0.483. The molecule has 174 valence electrons. The van der Waals surface area contributed by atoms with E-state index in [1.807, 2.05) is 55.5 Å². The van der Waals surface area contributed by atoms with Crippen molar-refractivity contribution in [3.8, 4) is 17.5 Å². The van der Waals surface area contributed by atoms with Gasteiger partial charge in [0.1, 0.15) is 0 Å². The van der Waals surface area contributed by atoms with E-state index in [2.05, 4.69) is 43.4 Å². The van der Waals surface area contributed by atoms with Crippen molar-refractivity contribution in [3.05, 3.63) is 96.5 Å². The predicted molar refractivity (Wildman–Crippen MR) is 142 cm³/mol. The minimum Gasteiger partial charge on any atom is -0.434 e. The number of hydrogen-bond acceptors (Lipinski definition) is 8. The van der Waals surface area contributed by atoms with Crippen molar-refractivity contribution in [1.82, 2.24) is 15.0 Å². The Morgan fingerprint density at radius 3 is 2.56 bits per heavy atom. The number of nitriles is 1. The van der Waals surface area contributed by atoms with Gasteiger partial charge in [-0.2, -0.15) is 10.2 Å². The van der Waals surface area contributed by atoms with Crippen molar-refractivity contribution in [2.24, 2.45) is 4.99 Å². The van der Waals surface area contributed by atoms with Crippen LogP contribution >= 0.6 is 0 Å². The topological polar surface area (TPSA) is 112 Å². The van der Waals surface area contributed by atoms with Crippen LogP contribution in [0.2, 0.25) is 0 Å². The lowest BCUT2D eigenvalue weighted by Gasteiger charge is -2.14. The van der Waals surface area contributed by atoms with Crippen LogP contribution < -0.4 is 10.6 Å². The van der Waals surface area contributed by atoms with Crippen molar-refractivity contribution in [1.29, 1.82) is 5.26 Å². The van der Waals surface area contributed by atoms with E-state index in [4.69, 9.17) is 4.42 Å². The Bertz CT molecular complexity index is 1610. The summed E-state index contributed by atoms with van der Waals surface area (Å²) in [6.07, 6.45) is 7.09. The van der Waals surface area contributed by atoms with Crippen molar-refractivity contribution in [2.75, 3.05) is 10.6 Å². The van der Waals surface area contributed by atoms with E-state index in [1.54, 1.807) is 36.8 Å². The van der Waals surface area contributed by atoms with E-state index >= 15 is 0 Å². The van der Waals surface area contributed by atoms with Gasteiger partial charge in [-0.3, -0.25) is 9.98 Å². The number of aromatic nitrogens is 3. The Labute approximate surface area is 207 Å². The second-order valence-corrected chi connectivity index (χ2v) is 7.83. The third-order valence-electron chi connectivity index (χ3n) is 5.50. The average molecular weight is 472 g/mol. The molecule has 0 aliphatic heterocycles. The Morgan fingerprint density at radius 2 is 1.83 bits per heavy atom. The van der Waals surface area contributed by atoms with Crippen molar-refractivity contribution in [3.63, 3.8) is 0 Å². The first-order chi connectivity index (χ1) is 17.7. The molecule has 2 aromatic carbocycles. The predicted octanol–water partition coefficient (Wildman–Crippen LogP) is 6.71. The Balaban J connectivity index is 1.36. The van der Waals surface area contributed by atoms with Crippen molar-refractivity contribution >= 4 is 46.4 Å². The maximum absolute atomic E-state index is 9.28. The summed E-state index contributed by atoms with van der Waals surface area (Å²) in [4.78, 5) is 17.1. The summed E-state index contributed by atoms with van der Waals surface area (Å²) >= 11 is 0. The lowest BCUT2D eigenvalue weighted by Crippen LogP contribution is -1.99. The molecule has 5 aromatic rings. The van der Waals surface area contributed by atoms with Crippen LogP contribution in [0.3, 0.4) is 0 Å². The number of hydrogen-bond donors (Lipinski definition) is 2. The molecule has 0 amide bonds. The van der Waals surface area contributed by atoms with Gasteiger partial charge in [0.2, 0.25) is 5.89 Å². The minimum atomic E-state index is 0.483. The van der Waals surface area contributed by atoms with Gasteiger partial charge < -0.3 is 15.1 Å². The van der Waals surface area contributed by atoms with E-state index in [-0.39, 0.29) is 0 Å². The molecule has 2 N–H and O–H groups in total. The summed E-state index contributed by atoms with van der Waals surface area (Å²) in [7, 11) is 0. The second-order valence-electron chi connectivity index (χ2n) is 7.83. The monoisotopic (exact) mass is 471 g/mol. The number of allylic oxidation sites excluding steroid dienone is 1. The van der Waals surface area contributed by atoms with E-state index in [0.717, 1.165) is 33.9 Å². The van der Waals surface area contributed by atoms with Crippen LogP contribution in [0.4, 0.5) is 22.7 Å². The molecule has 0 radical (unpaired) electrons. The molecule has 0 unspecified atom stereocenters. The molecule has 0 atom stereocenters. The maximum atomic E-state index is 9.28. The van der Waals surface area contributed by atoms with Crippen LogP contribution in [-0.4, -0.2) is 21.7 Å². The van der Waals surface area contributed by atoms with Gasteiger partial charge in [0.25, 0.3) is 0 Å². The summed E-state index contributed by atoms with van der Waals surface area (Å²) in [6.45, 7) is 5.57. The number of nitrogens with one attached hydrogen (secondary N) is 2. The SMILES string of the molecule is C=Nc1ccc(C#N)cc1/C(=C\C)Nc1ccc(-c2nc3ncc(Nc4ccncc4)cc3o2)cc1. The van der Waals surface area contributed by atoms with Crippen LogP contribution in [0, 0.1) is 11.3 Å². The number of oxazole rings is 1. The van der Waals surface area contributed by atoms with E-state index in [9.17, 15) is 5.26 Å². The highest BCUT2D eigenvalue weighted by molar-refractivity contribution is 5.84. The van der Waals surface area contributed by atoms with E-state index in [0.29, 0.717) is 28.4 Å². The Morgan fingerprint density at radius 1 is 1.03 bits per heavy atom. The highest BCUT2D eigenvalue weighted by atomic mass is 16.3. The zero-order valence-electron chi connectivity index (χ0n) is 19.4. The van der Waals surface area contributed by atoms with Crippen molar-refractivity contribution in [2.45, 2.75) is 6.92 Å². The van der Waals surface area contributed by atoms with Gasteiger partial charge in [-0.05, 0) is 68.2 Å². The Hall–Kier alpha value is -5.29. The first-order valence-electron chi connectivity index (χ1n) is 11.2. The molecule has 3 heterocycles. The molecule has 0 spiro atoms. The molecule has 36 heavy (non-hydrogen) atoms. The lowest BCUT2D eigenvalue weighted by atomic mass is 10.1. The number of benzene rings is 2. The third-order valence-corrected chi connectivity index (χ3v) is 5.50. The molecule has 5 rings (SSSR count). The average Bonchev–Trinajstić information content (AvgIpc) is 3.36. The quantitative estimate of drug-likeness (QED) is 0.254. The smallest absolute Gasteiger partial charge is 0.228 e. The molecular weight excluding hydrogens is 450 g/mol. The van der Waals surface area contributed by atoms with Gasteiger partial charge >= 0.3 is 0 Å². The van der Waals surface area contributed by atoms with Crippen LogP contribution in [-0.2, 0) is 0 Å². The molecule has 0 aliphatic carbocycles. The summed E-state index contributed by atoms with van der Waals surface area (Å²) in [5, 5.41) is 15.9. The fourth-order valence-corrected chi connectivity index (χ4v) is 3.72. The number of nitrogens with zero attached hydrogens (tertiary/aromatic N) is 5. The summed E-state index contributed by atoms with van der Waals surface area (Å²) in [6, 6.07) is 20.8. The van der Waals surface area contributed by atoms with Crippen LogP contribution in [0.25, 0.3) is 28.4 Å². The van der Waals surface area contributed by atoms with Gasteiger partial charge in [-0.15, -0.1) is 0 Å². The van der Waals surface area contributed by atoms with E-state index in [1.165, 1.54) is 0 Å². The highest BCUT2D eigenvalue weighted by Crippen LogP contribution is 2.30. The minimum absolute atomic E-state index is 0.483. The maximum Gasteiger partial charge on any atom is 0.228 e. The summed E-state index contributed by atoms with van der Waals surface area (Å²) < 4.78 is 5.99. The lowest BCUT2D eigenvalue weighted by molar-refractivity contribution is 0.620. The van der Waals surface area contributed by atoms with Gasteiger partial charge in [0, 0.05) is 46.7 Å². The zero-order valence-corrected chi connectivity index (χ0v) is 19.4. The van der Waals surface area contributed by atoms with Crippen LogP contribution in [0.15, 0.2) is 94.7 Å². The number of aliphatic imine (C=N–C) groups is 1. The second kappa shape index (κ2) is 9.91. The molecule has 0 bridgehead atoms. The summed E-state index contributed by atoms with van der Waals surface area (Å²) in [5.41, 5.74) is 7.38. The number of anilines is 3. The number of rotatable bonds is 7. The molecular formula is C28H21N7O. The van der Waals surface area contributed by atoms with Crippen LogP contribution in [0.5, 0.6) is 0 Å². The number of fused-ring (bicyclic) bond motifs is 1.